The third kappa shape index (κ3) is 4.82. The van der Waals surface area contributed by atoms with E-state index in [2.05, 4.69) is 15.6 Å². The molecule has 1 aromatic heterocycles. The van der Waals surface area contributed by atoms with Gasteiger partial charge >= 0.3 is 0 Å². The Hall–Kier alpha value is -2.67. The van der Waals surface area contributed by atoms with Crippen LogP contribution in [0, 0.1) is 5.41 Å². The van der Waals surface area contributed by atoms with Crippen LogP contribution in [0.5, 0.6) is 0 Å². The van der Waals surface area contributed by atoms with Gasteiger partial charge in [-0.05, 0) is 44.4 Å². The summed E-state index contributed by atoms with van der Waals surface area (Å²) in [6.07, 6.45) is 12.6. The standard InChI is InChI=1S/C24H32N4O3/c1-2-31-21-16-20(24(21)10-4-3-5-11-24)27-23(30)18-7-6-8-19(15-18)26-22(29)9-13-28-14-12-25-17-28/h6-8,12,14-15,17,20-21H,2-5,9-11,13,16H2,1H3,(H,26,29)(H,27,30)/t20-,21-/m0/s1. The first-order valence-electron chi connectivity index (χ1n) is 11.4. The molecule has 31 heavy (non-hydrogen) atoms. The van der Waals surface area contributed by atoms with E-state index in [0.717, 1.165) is 25.9 Å². The number of amides is 2. The van der Waals surface area contributed by atoms with E-state index in [1.165, 1.54) is 19.3 Å². The first kappa shape index (κ1) is 21.6. The molecule has 2 saturated carbocycles. The van der Waals surface area contributed by atoms with Crippen molar-refractivity contribution in [1.82, 2.24) is 14.9 Å². The normalized spacial score (nSPS) is 22.0. The highest BCUT2D eigenvalue weighted by molar-refractivity contribution is 5.97. The van der Waals surface area contributed by atoms with Gasteiger partial charge in [-0.2, -0.15) is 0 Å². The summed E-state index contributed by atoms with van der Waals surface area (Å²) in [5, 5.41) is 6.15. The molecule has 4 rings (SSSR count). The zero-order chi connectivity index (χ0) is 21.7. The molecule has 2 atom stereocenters. The minimum atomic E-state index is -0.0917. The Kier molecular flexibility index (Phi) is 6.70. The fourth-order valence-electron chi connectivity index (χ4n) is 5.12. The van der Waals surface area contributed by atoms with Crippen molar-refractivity contribution in [2.45, 2.75) is 70.6 Å². The lowest BCUT2D eigenvalue weighted by Crippen LogP contribution is -2.65. The maximum Gasteiger partial charge on any atom is 0.251 e. The van der Waals surface area contributed by atoms with E-state index in [1.807, 2.05) is 23.8 Å². The molecule has 2 N–H and O–H groups in total. The molecule has 1 spiro atoms. The first-order valence-corrected chi connectivity index (χ1v) is 11.4. The number of carbonyl (C=O) groups excluding carboxylic acids is 2. The van der Waals surface area contributed by atoms with Gasteiger partial charge in [0.1, 0.15) is 0 Å². The fraction of sp³-hybridized carbons (Fsp3) is 0.542. The molecule has 0 saturated heterocycles. The molecule has 1 aromatic carbocycles. The molecule has 2 aliphatic rings. The van der Waals surface area contributed by atoms with E-state index < -0.39 is 0 Å². The second kappa shape index (κ2) is 9.64. The molecular weight excluding hydrogens is 392 g/mol. The van der Waals surface area contributed by atoms with Gasteiger partial charge in [-0.15, -0.1) is 0 Å². The predicted molar refractivity (Wildman–Crippen MR) is 119 cm³/mol. The maximum atomic E-state index is 13.0. The molecule has 0 radical (unpaired) electrons. The Labute approximate surface area is 183 Å². The van der Waals surface area contributed by atoms with Crippen molar-refractivity contribution in [2.75, 3.05) is 11.9 Å². The molecular formula is C24H32N4O3. The van der Waals surface area contributed by atoms with Crippen molar-refractivity contribution in [1.29, 1.82) is 0 Å². The summed E-state index contributed by atoms with van der Waals surface area (Å²) >= 11 is 0. The monoisotopic (exact) mass is 424 g/mol. The molecule has 2 aliphatic carbocycles. The number of ether oxygens (including phenoxy) is 1. The van der Waals surface area contributed by atoms with Crippen molar-refractivity contribution in [3.63, 3.8) is 0 Å². The van der Waals surface area contributed by atoms with Crippen LogP contribution in [-0.4, -0.2) is 40.1 Å². The summed E-state index contributed by atoms with van der Waals surface area (Å²) in [5.74, 6) is -0.176. The third-order valence-corrected chi connectivity index (χ3v) is 6.81. The Morgan fingerprint density at radius 1 is 1.26 bits per heavy atom. The quantitative estimate of drug-likeness (QED) is 0.676. The number of nitrogens with zero attached hydrogens (tertiary/aromatic N) is 2. The Balaban J connectivity index is 1.35. The van der Waals surface area contributed by atoms with Gasteiger partial charge in [0, 0.05) is 54.7 Å². The van der Waals surface area contributed by atoms with Crippen LogP contribution in [0.2, 0.25) is 0 Å². The van der Waals surface area contributed by atoms with Gasteiger partial charge in [-0.3, -0.25) is 9.59 Å². The molecule has 0 bridgehead atoms. The lowest BCUT2D eigenvalue weighted by Gasteiger charge is -2.57. The molecule has 2 amide bonds. The smallest absolute Gasteiger partial charge is 0.251 e. The number of hydrogen-bond acceptors (Lipinski definition) is 4. The first-order chi connectivity index (χ1) is 15.1. The maximum absolute atomic E-state index is 13.0. The SMILES string of the molecule is CCO[C@H]1C[C@H](NC(=O)c2cccc(NC(=O)CCn3ccnc3)c2)C12CCCCC2. The second-order valence-electron chi connectivity index (χ2n) is 8.68. The lowest BCUT2D eigenvalue weighted by atomic mass is 9.55. The number of anilines is 1. The second-order valence-corrected chi connectivity index (χ2v) is 8.68. The Morgan fingerprint density at radius 3 is 2.84 bits per heavy atom. The summed E-state index contributed by atoms with van der Waals surface area (Å²) in [6, 6.07) is 7.31. The Morgan fingerprint density at radius 2 is 2.10 bits per heavy atom. The fourth-order valence-corrected chi connectivity index (χ4v) is 5.12. The lowest BCUT2D eigenvalue weighted by molar-refractivity contribution is -0.146. The van der Waals surface area contributed by atoms with Crippen LogP contribution in [0.25, 0.3) is 0 Å². The number of aromatic nitrogens is 2. The number of nitrogens with one attached hydrogen (secondary N) is 2. The molecule has 2 aromatic rings. The summed E-state index contributed by atoms with van der Waals surface area (Å²) in [6.45, 7) is 3.32. The van der Waals surface area contributed by atoms with Gasteiger partial charge in [0.15, 0.2) is 0 Å². The molecule has 7 nitrogen and oxygen atoms in total. The van der Waals surface area contributed by atoms with Crippen LogP contribution in [0.3, 0.4) is 0 Å². The van der Waals surface area contributed by atoms with E-state index in [4.69, 9.17) is 4.74 Å². The van der Waals surface area contributed by atoms with Crippen LogP contribution in [-0.2, 0) is 16.1 Å². The Bertz CT molecular complexity index is 890. The molecule has 2 fully saturated rings. The average Bonchev–Trinajstić information content (AvgIpc) is 3.31. The summed E-state index contributed by atoms with van der Waals surface area (Å²) < 4.78 is 7.86. The number of aryl methyl sites for hydroxylation is 1. The van der Waals surface area contributed by atoms with E-state index in [1.54, 1.807) is 30.7 Å². The average molecular weight is 425 g/mol. The topological polar surface area (TPSA) is 85.3 Å². The third-order valence-electron chi connectivity index (χ3n) is 6.81. The molecule has 0 aliphatic heterocycles. The van der Waals surface area contributed by atoms with Gasteiger partial charge < -0.3 is 19.9 Å². The zero-order valence-electron chi connectivity index (χ0n) is 18.2. The van der Waals surface area contributed by atoms with Gasteiger partial charge in [0.25, 0.3) is 5.91 Å². The molecule has 7 heteroatoms. The summed E-state index contributed by atoms with van der Waals surface area (Å²) in [7, 11) is 0. The van der Waals surface area contributed by atoms with Crippen molar-refractivity contribution in [3.8, 4) is 0 Å². The minimum absolute atomic E-state index is 0.0839. The van der Waals surface area contributed by atoms with Crippen molar-refractivity contribution in [2.24, 2.45) is 5.41 Å². The number of imidazole rings is 1. The van der Waals surface area contributed by atoms with Crippen molar-refractivity contribution < 1.29 is 14.3 Å². The minimum Gasteiger partial charge on any atom is -0.378 e. The number of benzene rings is 1. The van der Waals surface area contributed by atoms with Gasteiger partial charge in [0.2, 0.25) is 5.91 Å². The van der Waals surface area contributed by atoms with Crippen LogP contribution >= 0.6 is 0 Å². The number of rotatable bonds is 8. The van der Waals surface area contributed by atoms with Crippen LogP contribution in [0.4, 0.5) is 5.69 Å². The largest absolute Gasteiger partial charge is 0.378 e. The van der Waals surface area contributed by atoms with E-state index in [0.29, 0.717) is 24.2 Å². The van der Waals surface area contributed by atoms with E-state index in [-0.39, 0.29) is 29.4 Å². The summed E-state index contributed by atoms with van der Waals surface area (Å²) in [4.78, 5) is 29.2. The van der Waals surface area contributed by atoms with Crippen LogP contribution in [0.1, 0.15) is 62.2 Å². The van der Waals surface area contributed by atoms with E-state index in [9.17, 15) is 9.59 Å². The summed E-state index contributed by atoms with van der Waals surface area (Å²) in [5.41, 5.74) is 1.29. The van der Waals surface area contributed by atoms with Crippen molar-refractivity contribution in [3.05, 3.63) is 48.5 Å². The van der Waals surface area contributed by atoms with Gasteiger partial charge in [0.05, 0.1) is 12.4 Å². The van der Waals surface area contributed by atoms with E-state index >= 15 is 0 Å². The van der Waals surface area contributed by atoms with Crippen LogP contribution < -0.4 is 10.6 Å². The highest BCUT2D eigenvalue weighted by Crippen LogP contribution is 2.53. The number of hydrogen-bond donors (Lipinski definition) is 2. The van der Waals surface area contributed by atoms with Gasteiger partial charge in [-0.1, -0.05) is 25.3 Å². The van der Waals surface area contributed by atoms with Crippen molar-refractivity contribution >= 4 is 17.5 Å². The van der Waals surface area contributed by atoms with Gasteiger partial charge in [-0.25, -0.2) is 4.98 Å². The predicted octanol–water partition coefficient (Wildman–Crippen LogP) is 3.77. The number of carbonyl (C=O) groups is 2. The highest BCUT2D eigenvalue weighted by atomic mass is 16.5. The molecule has 166 valence electrons. The zero-order valence-corrected chi connectivity index (χ0v) is 18.2. The van der Waals surface area contributed by atoms with Crippen LogP contribution in [0.15, 0.2) is 43.0 Å². The highest BCUT2D eigenvalue weighted by Gasteiger charge is 2.56. The molecule has 0 unspecified atom stereocenters. The molecule has 1 heterocycles.